The fourth-order valence-corrected chi connectivity index (χ4v) is 9.46. The fourth-order valence-electron chi connectivity index (χ4n) is 7.82. The average molecular weight is 773 g/mol. The lowest BCUT2D eigenvalue weighted by molar-refractivity contribution is -0.138. The number of carbonyl (C=O) groups is 5. The van der Waals surface area contributed by atoms with Gasteiger partial charge < -0.3 is 9.84 Å². The number of imide groups is 2. The SMILES string of the molecule is COc1cc(C2C3=CCC4C(=O)N(c5ccc(C(=O)c6ccccc6)cc5)C(=O)C4C3CC3(Cl)C(=O)N(CBr)C(=O)C23Cl)cc(Cl)c1O. The summed E-state index contributed by atoms with van der Waals surface area (Å²) in [5, 5.41) is 10.4. The molecule has 0 radical (unpaired) electrons. The van der Waals surface area contributed by atoms with E-state index >= 15 is 0 Å². The Bertz CT molecular complexity index is 1960. The zero-order chi connectivity index (χ0) is 34.3. The van der Waals surface area contributed by atoms with E-state index in [1.54, 1.807) is 54.6 Å². The molecule has 2 aliphatic heterocycles. The molecule has 3 aromatic rings. The van der Waals surface area contributed by atoms with Gasteiger partial charge >= 0.3 is 0 Å². The van der Waals surface area contributed by atoms with Crippen molar-refractivity contribution in [1.29, 1.82) is 0 Å². The molecule has 1 N–H and O–H groups in total. The molecule has 2 saturated heterocycles. The zero-order valence-electron chi connectivity index (χ0n) is 25.2. The number of alkyl halides is 3. The number of methoxy groups -OCH3 is 1. The second-order valence-electron chi connectivity index (χ2n) is 12.3. The molecule has 9 nitrogen and oxygen atoms in total. The van der Waals surface area contributed by atoms with Gasteiger partial charge in [-0.3, -0.25) is 33.8 Å². The van der Waals surface area contributed by atoms with Crippen molar-refractivity contribution in [3.63, 3.8) is 0 Å². The Labute approximate surface area is 298 Å². The predicted molar refractivity (Wildman–Crippen MR) is 182 cm³/mol. The first-order valence-corrected chi connectivity index (χ1v) is 17.3. The van der Waals surface area contributed by atoms with E-state index in [1.807, 2.05) is 6.07 Å². The van der Waals surface area contributed by atoms with Crippen LogP contribution < -0.4 is 9.64 Å². The van der Waals surface area contributed by atoms with E-state index < -0.39 is 57.0 Å². The molecular formula is C35H26BrCl3N2O7. The van der Waals surface area contributed by atoms with E-state index in [-0.39, 0.29) is 40.6 Å². The molecule has 48 heavy (non-hydrogen) atoms. The van der Waals surface area contributed by atoms with Crippen LogP contribution in [0.2, 0.25) is 5.02 Å². The summed E-state index contributed by atoms with van der Waals surface area (Å²) in [4.78, 5) is 67.1. The van der Waals surface area contributed by atoms with Crippen molar-refractivity contribution in [2.75, 3.05) is 17.5 Å². The van der Waals surface area contributed by atoms with Crippen molar-refractivity contribution in [3.8, 4) is 11.5 Å². The highest BCUT2D eigenvalue weighted by molar-refractivity contribution is 9.09. The first kappa shape index (κ1) is 32.8. The number of halogens is 4. The third kappa shape index (κ3) is 4.45. The van der Waals surface area contributed by atoms with E-state index in [1.165, 1.54) is 19.2 Å². The number of rotatable bonds is 6. The van der Waals surface area contributed by atoms with E-state index in [2.05, 4.69) is 15.9 Å². The molecule has 3 aromatic carbocycles. The Kier molecular flexibility index (Phi) is 8.02. The molecular weight excluding hydrogens is 747 g/mol. The Morgan fingerprint density at radius 2 is 1.62 bits per heavy atom. The van der Waals surface area contributed by atoms with Gasteiger partial charge in [0.2, 0.25) is 11.8 Å². The summed E-state index contributed by atoms with van der Waals surface area (Å²) >= 11 is 24.1. The molecule has 2 heterocycles. The summed E-state index contributed by atoms with van der Waals surface area (Å²) < 4.78 is 5.34. The molecule has 1 saturated carbocycles. The van der Waals surface area contributed by atoms with Gasteiger partial charge in [0.25, 0.3) is 11.8 Å². The van der Waals surface area contributed by atoms with E-state index in [0.29, 0.717) is 28.0 Å². The molecule has 2 aliphatic carbocycles. The third-order valence-electron chi connectivity index (χ3n) is 10.0. The van der Waals surface area contributed by atoms with Crippen molar-refractivity contribution in [3.05, 3.63) is 100 Å². The molecule has 246 valence electrons. The number of fused-ring (bicyclic) bond motifs is 4. The highest BCUT2D eigenvalue weighted by Gasteiger charge is 2.76. The third-order valence-corrected chi connectivity index (χ3v) is 12.2. The number of carbonyl (C=O) groups excluding carboxylic acids is 5. The number of aromatic hydroxyl groups is 1. The number of allylic oxidation sites excluding steroid dienone is 2. The number of anilines is 1. The summed E-state index contributed by atoms with van der Waals surface area (Å²) in [7, 11) is 1.34. The second-order valence-corrected chi connectivity index (χ2v) is 14.4. The Morgan fingerprint density at radius 1 is 0.958 bits per heavy atom. The monoisotopic (exact) mass is 770 g/mol. The average Bonchev–Trinajstić information content (AvgIpc) is 3.43. The zero-order valence-corrected chi connectivity index (χ0v) is 29.0. The number of likely N-dealkylation sites (tertiary alicyclic amines) is 1. The molecule has 3 fully saturated rings. The first-order chi connectivity index (χ1) is 22.9. The maximum absolute atomic E-state index is 14.3. The number of hydrogen-bond acceptors (Lipinski definition) is 7. The molecule has 6 unspecified atom stereocenters. The van der Waals surface area contributed by atoms with Gasteiger partial charge in [0, 0.05) is 17.0 Å². The van der Waals surface area contributed by atoms with Crippen molar-refractivity contribution in [1.82, 2.24) is 4.90 Å². The summed E-state index contributed by atoms with van der Waals surface area (Å²) in [6.45, 7) is 0. The lowest BCUT2D eigenvalue weighted by Crippen LogP contribution is -2.60. The molecule has 4 aliphatic rings. The lowest BCUT2D eigenvalue weighted by Gasteiger charge is -2.50. The molecule has 0 bridgehead atoms. The highest BCUT2D eigenvalue weighted by atomic mass is 79.9. The van der Waals surface area contributed by atoms with Crippen molar-refractivity contribution < 1.29 is 33.8 Å². The number of benzene rings is 3. The Balaban J connectivity index is 1.30. The number of ether oxygens (including phenoxy) is 1. The molecule has 7 rings (SSSR count). The van der Waals surface area contributed by atoms with Crippen LogP contribution in [-0.4, -0.2) is 61.7 Å². The maximum Gasteiger partial charge on any atom is 0.254 e. The standard InChI is InChI=1S/C35H26BrCl3N2O7/c1-48-25-14-19(13-24(37)29(25)43)27-21-11-12-22-26(23(21)15-34(38)32(46)40(16-36)33(47)35(27,34)39)31(45)41(30(22)44)20-9-7-18(8-10-20)28(42)17-5-3-2-4-6-17/h2-11,13-14,22-23,26-27,43H,12,15-16H2,1H3. The van der Waals surface area contributed by atoms with Crippen LogP contribution in [0.25, 0.3) is 0 Å². The lowest BCUT2D eigenvalue weighted by atomic mass is 9.56. The van der Waals surface area contributed by atoms with Crippen LogP contribution in [0.4, 0.5) is 5.69 Å². The van der Waals surface area contributed by atoms with Crippen LogP contribution in [-0.2, 0) is 19.2 Å². The van der Waals surface area contributed by atoms with Crippen LogP contribution in [0.15, 0.2) is 78.4 Å². The van der Waals surface area contributed by atoms with Gasteiger partial charge in [-0.15, -0.1) is 23.2 Å². The summed E-state index contributed by atoms with van der Waals surface area (Å²) in [5.41, 5.74) is 1.95. The van der Waals surface area contributed by atoms with Crippen molar-refractivity contribution in [2.45, 2.75) is 28.5 Å². The normalized spacial score (nSPS) is 29.4. The molecule has 6 atom stereocenters. The van der Waals surface area contributed by atoms with Gasteiger partial charge in [0.1, 0.15) is 0 Å². The van der Waals surface area contributed by atoms with Crippen LogP contribution in [0, 0.1) is 17.8 Å². The number of phenols is 1. The number of phenolic OH excluding ortho intramolecular Hbond substituents is 1. The smallest absolute Gasteiger partial charge is 0.254 e. The number of ketones is 1. The van der Waals surface area contributed by atoms with Gasteiger partial charge in [-0.1, -0.05) is 69.5 Å². The number of nitrogens with zero attached hydrogens (tertiary/aromatic N) is 2. The first-order valence-electron chi connectivity index (χ1n) is 15.0. The van der Waals surface area contributed by atoms with Crippen LogP contribution in [0.3, 0.4) is 0 Å². The predicted octanol–water partition coefficient (Wildman–Crippen LogP) is 6.20. The van der Waals surface area contributed by atoms with Gasteiger partial charge in [0.15, 0.2) is 27.0 Å². The second kappa shape index (κ2) is 11.7. The van der Waals surface area contributed by atoms with Crippen molar-refractivity contribution in [2.24, 2.45) is 17.8 Å². The summed E-state index contributed by atoms with van der Waals surface area (Å²) in [6.07, 6.45) is 1.78. The van der Waals surface area contributed by atoms with Gasteiger partial charge in [-0.05, 0) is 60.7 Å². The van der Waals surface area contributed by atoms with Crippen LogP contribution in [0.1, 0.15) is 40.2 Å². The topological polar surface area (TPSA) is 121 Å². The van der Waals surface area contributed by atoms with Crippen molar-refractivity contribution >= 4 is 85.8 Å². The quantitative estimate of drug-likeness (QED) is 0.104. The Morgan fingerprint density at radius 3 is 2.27 bits per heavy atom. The fraction of sp³-hybridized carbons (Fsp3) is 0.286. The van der Waals surface area contributed by atoms with E-state index in [9.17, 15) is 29.1 Å². The highest BCUT2D eigenvalue weighted by Crippen LogP contribution is 2.66. The van der Waals surface area contributed by atoms with E-state index in [4.69, 9.17) is 39.5 Å². The van der Waals surface area contributed by atoms with Crippen LogP contribution in [0.5, 0.6) is 11.5 Å². The molecule has 13 heteroatoms. The van der Waals surface area contributed by atoms with Gasteiger partial charge in [-0.25, -0.2) is 0 Å². The minimum Gasteiger partial charge on any atom is -0.503 e. The van der Waals surface area contributed by atoms with Crippen LogP contribution >= 0.6 is 50.7 Å². The maximum atomic E-state index is 14.3. The van der Waals surface area contributed by atoms with Gasteiger partial charge in [-0.2, -0.15) is 0 Å². The minimum absolute atomic E-state index is 0.0101. The number of hydrogen-bond donors (Lipinski definition) is 1. The largest absolute Gasteiger partial charge is 0.503 e. The molecule has 0 aromatic heterocycles. The summed E-state index contributed by atoms with van der Waals surface area (Å²) in [5.74, 6) is -6.40. The van der Waals surface area contributed by atoms with Gasteiger partial charge in [0.05, 0.1) is 35.1 Å². The number of amides is 4. The summed E-state index contributed by atoms with van der Waals surface area (Å²) in [6, 6.07) is 17.9. The molecule has 0 spiro atoms. The van der Waals surface area contributed by atoms with E-state index in [0.717, 1.165) is 9.80 Å². The molecule has 4 amide bonds. The minimum atomic E-state index is -2.04. The Hall–Kier alpha value is -3.70.